The third kappa shape index (κ3) is 2.55. The summed E-state index contributed by atoms with van der Waals surface area (Å²) in [6, 6.07) is 8.50. The van der Waals surface area contributed by atoms with Gasteiger partial charge in [0.15, 0.2) is 0 Å². The first-order valence-corrected chi connectivity index (χ1v) is 6.72. The molecule has 0 unspecified atom stereocenters. The lowest BCUT2D eigenvalue weighted by atomic mass is 10.1. The van der Waals surface area contributed by atoms with E-state index in [9.17, 15) is 0 Å². The number of imidazole rings is 1. The van der Waals surface area contributed by atoms with Crippen molar-refractivity contribution in [1.82, 2.24) is 14.9 Å². The summed E-state index contributed by atoms with van der Waals surface area (Å²) in [5.74, 6) is 1.18. The quantitative estimate of drug-likeness (QED) is 0.912. The van der Waals surface area contributed by atoms with Gasteiger partial charge in [-0.3, -0.25) is 0 Å². The summed E-state index contributed by atoms with van der Waals surface area (Å²) in [4.78, 5) is 4.56. The number of benzene rings is 1. The predicted octanol–water partition coefficient (Wildman–Crippen LogP) is 1.84. The smallest absolute Gasteiger partial charge is 0.110 e. The van der Waals surface area contributed by atoms with Crippen molar-refractivity contribution in [2.24, 2.45) is 0 Å². The zero-order valence-electron chi connectivity index (χ0n) is 11.2. The Balaban J connectivity index is 1.97. The van der Waals surface area contributed by atoms with Crippen molar-refractivity contribution in [3.05, 3.63) is 41.9 Å². The topological polar surface area (TPSA) is 39.1 Å². The second kappa shape index (κ2) is 5.55. The van der Waals surface area contributed by atoms with Crippen LogP contribution < -0.4 is 5.32 Å². The third-order valence-electron chi connectivity index (χ3n) is 3.51. The largest absolute Gasteiger partial charge is 0.380 e. The second-order valence-electron chi connectivity index (χ2n) is 4.84. The maximum absolute atomic E-state index is 5.20. The van der Waals surface area contributed by atoms with Crippen LogP contribution in [0.3, 0.4) is 0 Å². The van der Waals surface area contributed by atoms with Gasteiger partial charge < -0.3 is 14.6 Å². The number of hydrogen-bond acceptors (Lipinski definition) is 3. The lowest BCUT2D eigenvalue weighted by molar-refractivity contribution is 0.185. The molecule has 3 rings (SSSR count). The summed E-state index contributed by atoms with van der Waals surface area (Å²) < 4.78 is 7.53. The molecule has 100 valence electrons. The first kappa shape index (κ1) is 12.4. The molecule has 0 bridgehead atoms. The van der Waals surface area contributed by atoms with Gasteiger partial charge in [0.2, 0.25) is 0 Å². The van der Waals surface area contributed by atoms with E-state index in [1.54, 1.807) is 7.11 Å². The molecule has 1 N–H and O–H groups in total. The highest BCUT2D eigenvalue weighted by molar-refractivity contribution is 5.60. The zero-order chi connectivity index (χ0) is 13.1. The number of hydrogen-bond donors (Lipinski definition) is 1. The van der Waals surface area contributed by atoms with E-state index >= 15 is 0 Å². The van der Waals surface area contributed by atoms with Gasteiger partial charge in [0.25, 0.3) is 0 Å². The molecule has 2 aromatic rings. The van der Waals surface area contributed by atoms with Crippen LogP contribution in [0.4, 0.5) is 0 Å². The number of fused-ring (bicyclic) bond motifs is 1. The molecule has 2 heterocycles. The molecule has 0 spiro atoms. The molecule has 1 aromatic heterocycles. The van der Waals surface area contributed by atoms with Crippen LogP contribution in [0.2, 0.25) is 0 Å². The van der Waals surface area contributed by atoms with E-state index in [0.717, 1.165) is 26.1 Å². The number of methoxy groups -OCH3 is 1. The Kier molecular flexibility index (Phi) is 3.62. The number of nitrogens with one attached hydrogen (secondary N) is 1. The van der Waals surface area contributed by atoms with E-state index in [1.807, 2.05) is 6.20 Å². The summed E-state index contributed by atoms with van der Waals surface area (Å²) >= 11 is 0. The number of ether oxygens (including phenoxy) is 1. The van der Waals surface area contributed by atoms with Gasteiger partial charge in [-0.2, -0.15) is 0 Å². The zero-order valence-corrected chi connectivity index (χ0v) is 11.2. The highest BCUT2D eigenvalue weighted by Gasteiger charge is 2.13. The lowest BCUT2D eigenvalue weighted by Crippen LogP contribution is -2.17. The van der Waals surface area contributed by atoms with Crippen LogP contribution in [0.25, 0.3) is 11.3 Å². The maximum atomic E-state index is 5.20. The lowest BCUT2D eigenvalue weighted by Gasteiger charge is -2.10. The second-order valence-corrected chi connectivity index (χ2v) is 4.84. The number of nitrogens with zero attached hydrogens (tertiary/aromatic N) is 2. The average molecular weight is 257 g/mol. The number of rotatable bonds is 3. The van der Waals surface area contributed by atoms with E-state index < -0.39 is 0 Å². The van der Waals surface area contributed by atoms with Crippen LogP contribution in [0, 0.1) is 0 Å². The van der Waals surface area contributed by atoms with Crippen LogP contribution in [-0.4, -0.2) is 29.8 Å². The van der Waals surface area contributed by atoms with E-state index in [0.29, 0.717) is 6.61 Å². The Morgan fingerprint density at radius 2 is 2.32 bits per heavy atom. The Labute approximate surface area is 113 Å². The molecule has 0 aliphatic carbocycles. The first-order valence-electron chi connectivity index (χ1n) is 6.72. The minimum absolute atomic E-state index is 0.649. The third-order valence-corrected chi connectivity index (χ3v) is 3.51. The van der Waals surface area contributed by atoms with Gasteiger partial charge in [0.05, 0.1) is 18.5 Å². The van der Waals surface area contributed by atoms with Gasteiger partial charge in [0, 0.05) is 38.7 Å². The molecule has 1 aromatic carbocycles. The van der Waals surface area contributed by atoms with Crippen molar-refractivity contribution in [1.29, 1.82) is 0 Å². The minimum atomic E-state index is 0.649. The summed E-state index contributed by atoms with van der Waals surface area (Å²) in [5.41, 5.74) is 3.62. The van der Waals surface area contributed by atoms with Gasteiger partial charge in [-0.1, -0.05) is 18.2 Å². The molecule has 1 aliphatic rings. The molecule has 0 atom stereocenters. The van der Waals surface area contributed by atoms with Crippen LogP contribution in [0.5, 0.6) is 0 Å². The van der Waals surface area contributed by atoms with Crippen LogP contribution in [-0.2, 0) is 24.3 Å². The van der Waals surface area contributed by atoms with Crippen LogP contribution in [0.1, 0.15) is 11.4 Å². The summed E-state index contributed by atoms with van der Waals surface area (Å²) in [6.45, 7) is 3.66. The fourth-order valence-corrected chi connectivity index (χ4v) is 2.60. The van der Waals surface area contributed by atoms with Gasteiger partial charge in [-0.15, -0.1) is 0 Å². The van der Waals surface area contributed by atoms with E-state index in [-0.39, 0.29) is 0 Å². The molecule has 4 heteroatoms. The van der Waals surface area contributed by atoms with Crippen molar-refractivity contribution in [3.8, 4) is 11.3 Å². The number of aromatic nitrogens is 2. The SMILES string of the molecule is COCc1cccc(-c2cnc3n2CCNCC3)c1. The van der Waals surface area contributed by atoms with Crippen molar-refractivity contribution < 1.29 is 4.74 Å². The van der Waals surface area contributed by atoms with Gasteiger partial charge in [-0.05, 0) is 11.6 Å². The molecule has 0 amide bonds. The molecule has 1 aliphatic heterocycles. The Morgan fingerprint density at radius 1 is 1.37 bits per heavy atom. The molecular formula is C15H19N3O. The molecule has 0 fully saturated rings. The predicted molar refractivity (Wildman–Crippen MR) is 74.9 cm³/mol. The molecular weight excluding hydrogens is 238 g/mol. The maximum Gasteiger partial charge on any atom is 0.110 e. The minimum Gasteiger partial charge on any atom is -0.380 e. The Bertz CT molecular complexity index is 562. The van der Waals surface area contributed by atoms with Crippen molar-refractivity contribution in [2.45, 2.75) is 19.6 Å². The highest BCUT2D eigenvalue weighted by Crippen LogP contribution is 2.23. The van der Waals surface area contributed by atoms with Gasteiger partial charge in [-0.25, -0.2) is 4.98 Å². The highest BCUT2D eigenvalue weighted by atomic mass is 16.5. The molecule has 4 nitrogen and oxygen atoms in total. The molecule has 19 heavy (non-hydrogen) atoms. The van der Waals surface area contributed by atoms with E-state index in [4.69, 9.17) is 4.74 Å². The fourth-order valence-electron chi connectivity index (χ4n) is 2.60. The summed E-state index contributed by atoms with van der Waals surface area (Å²) in [5, 5.41) is 3.41. The Morgan fingerprint density at radius 3 is 3.21 bits per heavy atom. The van der Waals surface area contributed by atoms with E-state index in [1.165, 1.54) is 22.6 Å². The summed E-state index contributed by atoms with van der Waals surface area (Å²) in [7, 11) is 1.73. The van der Waals surface area contributed by atoms with Gasteiger partial charge >= 0.3 is 0 Å². The fraction of sp³-hybridized carbons (Fsp3) is 0.400. The molecule has 0 saturated carbocycles. The van der Waals surface area contributed by atoms with Gasteiger partial charge in [0.1, 0.15) is 5.82 Å². The normalized spacial score (nSPS) is 15.0. The standard InChI is InChI=1S/C15H19N3O/c1-19-11-12-3-2-4-13(9-12)14-10-17-15-5-6-16-7-8-18(14)15/h2-4,9-10,16H,5-8,11H2,1H3. The molecule has 0 saturated heterocycles. The van der Waals surface area contributed by atoms with E-state index in [2.05, 4.69) is 39.1 Å². The molecule has 0 radical (unpaired) electrons. The van der Waals surface area contributed by atoms with Crippen molar-refractivity contribution >= 4 is 0 Å². The Hall–Kier alpha value is -1.65. The van der Waals surface area contributed by atoms with Crippen LogP contribution in [0.15, 0.2) is 30.5 Å². The van der Waals surface area contributed by atoms with Crippen molar-refractivity contribution in [2.75, 3.05) is 20.2 Å². The van der Waals surface area contributed by atoms with Crippen LogP contribution >= 0.6 is 0 Å². The van der Waals surface area contributed by atoms with Crippen molar-refractivity contribution in [3.63, 3.8) is 0 Å². The summed E-state index contributed by atoms with van der Waals surface area (Å²) in [6.07, 6.45) is 2.99. The monoisotopic (exact) mass is 257 g/mol. The first-order chi connectivity index (χ1) is 9.38. The average Bonchev–Trinajstić information content (AvgIpc) is 2.69.